The van der Waals surface area contributed by atoms with Crippen LogP contribution >= 0.6 is 0 Å². The number of aliphatic hydroxyl groups is 2. The van der Waals surface area contributed by atoms with E-state index in [0.717, 1.165) is 5.56 Å². The molecule has 0 amide bonds. The van der Waals surface area contributed by atoms with Crippen LogP contribution < -0.4 is 4.74 Å². The van der Waals surface area contributed by atoms with Crippen molar-refractivity contribution in [3.63, 3.8) is 0 Å². The van der Waals surface area contributed by atoms with Gasteiger partial charge in [0.05, 0.1) is 6.61 Å². The third kappa shape index (κ3) is 6.34. The second-order valence-electron chi connectivity index (χ2n) is 8.90. The molecule has 9 heteroatoms. The molecule has 3 rings (SSSR count). The first-order valence-corrected chi connectivity index (χ1v) is 12.8. The largest absolute Gasteiger partial charge is 0.487 e. The molecule has 184 valence electrons. The summed E-state index contributed by atoms with van der Waals surface area (Å²) in [7, 11) is -1.92. The maximum absolute atomic E-state index is 13.5. The Labute approximate surface area is 202 Å². The number of benzene rings is 1. The number of pyridine rings is 1. The Bertz CT molecular complexity index is 1130. The fraction of sp³-hybridized carbons (Fsp3) is 0.480. The SMILES string of the molecule is C[C@@H](O)C#Cc1ccc2c(c1)O[C@@H](CN(C)Cc1cccnc1)[C@@H](C)CN([C@@H](C)CO)S2(=O)=O. The van der Waals surface area contributed by atoms with Crippen LogP contribution in [0.3, 0.4) is 0 Å². The highest BCUT2D eigenvalue weighted by Crippen LogP contribution is 2.34. The number of aromatic nitrogens is 1. The lowest BCUT2D eigenvalue weighted by Crippen LogP contribution is -2.49. The first-order valence-electron chi connectivity index (χ1n) is 11.3. The number of likely N-dealkylation sites (N-methyl/N-ethyl adjacent to an activating group) is 1. The molecule has 2 N–H and O–H groups in total. The summed E-state index contributed by atoms with van der Waals surface area (Å²) in [6.45, 7) is 6.37. The smallest absolute Gasteiger partial charge is 0.247 e. The average Bonchev–Trinajstić information content (AvgIpc) is 2.80. The van der Waals surface area contributed by atoms with Crippen molar-refractivity contribution in [3.8, 4) is 17.6 Å². The van der Waals surface area contributed by atoms with Gasteiger partial charge in [-0.05, 0) is 50.7 Å². The molecule has 0 unspecified atom stereocenters. The van der Waals surface area contributed by atoms with Crippen molar-refractivity contribution in [2.75, 3.05) is 26.7 Å². The number of hydrogen-bond donors (Lipinski definition) is 2. The minimum absolute atomic E-state index is 0.0437. The number of aliphatic hydroxyl groups excluding tert-OH is 2. The van der Waals surface area contributed by atoms with Crippen molar-refractivity contribution < 1.29 is 23.4 Å². The van der Waals surface area contributed by atoms with Gasteiger partial charge >= 0.3 is 0 Å². The number of hydrogen-bond acceptors (Lipinski definition) is 7. The second kappa shape index (κ2) is 11.3. The number of fused-ring (bicyclic) bond motifs is 1. The van der Waals surface area contributed by atoms with Gasteiger partial charge in [0.25, 0.3) is 0 Å². The van der Waals surface area contributed by atoms with Crippen molar-refractivity contribution in [2.45, 2.75) is 50.5 Å². The zero-order valence-electron chi connectivity index (χ0n) is 20.0. The zero-order valence-corrected chi connectivity index (χ0v) is 20.9. The predicted molar refractivity (Wildman–Crippen MR) is 130 cm³/mol. The summed E-state index contributed by atoms with van der Waals surface area (Å²) in [6, 6.07) is 8.01. The molecule has 2 heterocycles. The molecule has 0 aliphatic carbocycles. The standard InChI is InChI=1S/C25H33N3O5S/c1-18-14-28(19(2)17-29)34(31,32)25-10-9-21(8-7-20(3)30)12-23(25)33-24(18)16-27(4)15-22-6-5-11-26-13-22/h5-6,9-13,18-20,24,29-30H,14-17H2,1-4H3/t18-,19-,20+,24-/m0/s1. The van der Waals surface area contributed by atoms with Crippen LogP contribution in [0, 0.1) is 17.8 Å². The van der Waals surface area contributed by atoms with Crippen LogP contribution in [-0.4, -0.2) is 77.8 Å². The van der Waals surface area contributed by atoms with Crippen LogP contribution in [-0.2, 0) is 16.6 Å². The van der Waals surface area contributed by atoms with E-state index in [4.69, 9.17) is 4.74 Å². The predicted octanol–water partition coefficient (Wildman–Crippen LogP) is 1.71. The highest BCUT2D eigenvalue weighted by molar-refractivity contribution is 7.89. The van der Waals surface area contributed by atoms with E-state index < -0.39 is 22.2 Å². The van der Waals surface area contributed by atoms with E-state index in [0.29, 0.717) is 18.7 Å². The van der Waals surface area contributed by atoms with Gasteiger partial charge in [-0.15, -0.1) is 0 Å². The molecule has 2 aromatic rings. The number of ether oxygens (including phenoxy) is 1. The molecular formula is C25H33N3O5S. The number of sulfonamides is 1. The van der Waals surface area contributed by atoms with Crippen molar-refractivity contribution >= 4 is 10.0 Å². The van der Waals surface area contributed by atoms with Crippen LogP contribution in [0.1, 0.15) is 31.9 Å². The summed E-state index contributed by atoms with van der Waals surface area (Å²) in [4.78, 5) is 6.32. The third-order valence-corrected chi connectivity index (χ3v) is 7.78. The van der Waals surface area contributed by atoms with Crippen molar-refractivity contribution in [1.29, 1.82) is 0 Å². The lowest BCUT2D eigenvalue weighted by molar-refractivity contribution is 0.0733. The quantitative estimate of drug-likeness (QED) is 0.598. The van der Waals surface area contributed by atoms with E-state index in [-0.39, 0.29) is 35.8 Å². The summed E-state index contributed by atoms with van der Waals surface area (Å²) in [5.74, 6) is 5.60. The molecule has 8 nitrogen and oxygen atoms in total. The van der Waals surface area contributed by atoms with Crippen LogP contribution in [0.15, 0.2) is 47.6 Å². The lowest BCUT2D eigenvalue weighted by atomic mass is 10.0. The Hall–Kier alpha value is -2.48. The van der Waals surface area contributed by atoms with Gasteiger partial charge in [0, 0.05) is 49.6 Å². The molecule has 0 fully saturated rings. The average molecular weight is 488 g/mol. The van der Waals surface area contributed by atoms with Crippen molar-refractivity contribution in [1.82, 2.24) is 14.2 Å². The molecule has 0 spiro atoms. The summed E-state index contributed by atoms with van der Waals surface area (Å²) in [5.41, 5.74) is 1.62. The Morgan fingerprint density at radius 2 is 2.09 bits per heavy atom. The van der Waals surface area contributed by atoms with Crippen LogP contribution in [0.25, 0.3) is 0 Å². The highest BCUT2D eigenvalue weighted by Gasteiger charge is 2.38. The van der Waals surface area contributed by atoms with E-state index in [2.05, 4.69) is 21.7 Å². The van der Waals surface area contributed by atoms with Gasteiger partial charge in [0.15, 0.2) is 0 Å². The van der Waals surface area contributed by atoms with Gasteiger partial charge < -0.3 is 14.9 Å². The maximum atomic E-state index is 13.5. The van der Waals surface area contributed by atoms with Gasteiger partial charge in [0.1, 0.15) is 22.9 Å². The first-order chi connectivity index (χ1) is 16.1. The summed E-state index contributed by atoms with van der Waals surface area (Å²) >= 11 is 0. The third-order valence-electron chi connectivity index (χ3n) is 5.76. The Balaban J connectivity index is 1.99. The second-order valence-corrected chi connectivity index (χ2v) is 10.8. The molecule has 0 radical (unpaired) electrons. The van der Waals surface area contributed by atoms with Gasteiger partial charge in [0.2, 0.25) is 10.0 Å². The van der Waals surface area contributed by atoms with E-state index in [9.17, 15) is 18.6 Å². The topological polar surface area (TPSA) is 103 Å². The Morgan fingerprint density at radius 1 is 1.32 bits per heavy atom. The molecule has 4 atom stereocenters. The first kappa shape index (κ1) is 26.1. The number of nitrogens with zero attached hydrogens (tertiary/aromatic N) is 3. The van der Waals surface area contributed by atoms with Crippen molar-refractivity contribution in [3.05, 3.63) is 53.9 Å². The molecule has 1 aliphatic rings. The van der Waals surface area contributed by atoms with Gasteiger partial charge in [-0.3, -0.25) is 9.88 Å². The van der Waals surface area contributed by atoms with Gasteiger partial charge in [-0.2, -0.15) is 4.31 Å². The normalized spacial score (nSPS) is 21.9. The summed E-state index contributed by atoms with van der Waals surface area (Å²) in [5, 5.41) is 19.3. The molecule has 1 aromatic heterocycles. The maximum Gasteiger partial charge on any atom is 0.247 e. The molecular weight excluding hydrogens is 454 g/mol. The summed E-state index contributed by atoms with van der Waals surface area (Å²) in [6.07, 6.45) is 2.43. The minimum atomic E-state index is -3.91. The lowest BCUT2D eigenvalue weighted by Gasteiger charge is -2.37. The van der Waals surface area contributed by atoms with Crippen molar-refractivity contribution in [2.24, 2.45) is 5.92 Å². The zero-order chi connectivity index (χ0) is 24.9. The Kier molecular flexibility index (Phi) is 8.68. The molecule has 0 saturated carbocycles. The van der Waals surface area contributed by atoms with Gasteiger partial charge in [-0.25, -0.2) is 8.42 Å². The van der Waals surface area contributed by atoms with E-state index >= 15 is 0 Å². The number of rotatable bonds is 6. The van der Waals surface area contributed by atoms with Crippen LogP contribution in [0.2, 0.25) is 0 Å². The summed E-state index contributed by atoms with van der Waals surface area (Å²) < 4.78 is 34.7. The van der Waals surface area contributed by atoms with E-state index in [1.807, 2.05) is 32.3 Å². The minimum Gasteiger partial charge on any atom is -0.487 e. The van der Waals surface area contributed by atoms with E-state index in [1.165, 1.54) is 10.4 Å². The fourth-order valence-corrected chi connectivity index (χ4v) is 5.71. The molecule has 1 aliphatic heterocycles. The van der Waals surface area contributed by atoms with Gasteiger partial charge in [-0.1, -0.05) is 24.8 Å². The highest BCUT2D eigenvalue weighted by atomic mass is 32.2. The molecule has 0 bridgehead atoms. The molecule has 1 aromatic carbocycles. The van der Waals surface area contributed by atoms with E-state index in [1.54, 1.807) is 32.2 Å². The molecule has 0 saturated heterocycles. The Morgan fingerprint density at radius 3 is 2.74 bits per heavy atom. The fourth-order valence-electron chi connectivity index (χ4n) is 3.88. The molecule has 34 heavy (non-hydrogen) atoms. The van der Waals surface area contributed by atoms with Crippen LogP contribution in [0.4, 0.5) is 0 Å². The monoisotopic (exact) mass is 487 g/mol. The van der Waals surface area contributed by atoms with Crippen LogP contribution in [0.5, 0.6) is 5.75 Å².